The summed E-state index contributed by atoms with van der Waals surface area (Å²) in [5.74, 6) is -0.736. The van der Waals surface area contributed by atoms with E-state index in [-0.39, 0.29) is 17.9 Å². The van der Waals surface area contributed by atoms with Crippen LogP contribution in [0.3, 0.4) is 0 Å². The number of ketones is 1. The molecule has 0 aliphatic heterocycles. The number of aromatic amines is 1. The molecule has 30 heavy (non-hydrogen) atoms. The van der Waals surface area contributed by atoms with E-state index in [2.05, 4.69) is 4.98 Å². The Bertz CT molecular complexity index is 945. The third kappa shape index (κ3) is 4.82. The van der Waals surface area contributed by atoms with Gasteiger partial charge in [0, 0.05) is 5.69 Å². The zero-order valence-corrected chi connectivity index (χ0v) is 18.1. The number of methoxy groups -OCH3 is 1. The van der Waals surface area contributed by atoms with Crippen LogP contribution in [0.4, 0.5) is 0 Å². The number of carbonyl (C=O) groups is 3. The quantitative estimate of drug-likeness (QED) is 0.491. The number of aryl methyl sites for hydroxylation is 1. The number of hydrogen-bond donors (Lipinski definition) is 1. The van der Waals surface area contributed by atoms with Crippen LogP contribution in [-0.2, 0) is 9.47 Å². The van der Waals surface area contributed by atoms with Gasteiger partial charge >= 0.3 is 11.9 Å². The minimum atomic E-state index is -1.07. The molecule has 1 aromatic carbocycles. The first-order valence-corrected chi connectivity index (χ1v) is 9.67. The SMILES string of the molecule is CCOC(=O)c1c(C)[nH]c(C(=O)C(C)OC(=O)c2ccc(OCC)c(OC)c2)c1C. The van der Waals surface area contributed by atoms with Gasteiger partial charge in [0.2, 0.25) is 5.78 Å². The van der Waals surface area contributed by atoms with Gasteiger partial charge < -0.3 is 23.9 Å². The van der Waals surface area contributed by atoms with Gasteiger partial charge in [0.1, 0.15) is 0 Å². The Hall–Kier alpha value is -3.29. The number of rotatable bonds is 9. The Balaban J connectivity index is 2.19. The standard InChI is InChI=1S/C22H27NO7/c1-7-28-16-10-9-15(11-17(16)27-6)21(25)30-14(5)20(24)19-12(3)18(13(4)23-19)22(26)29-8-2/h9-11,14,23H,7-8H2,1-6H3. The van der Waals surface area contributed by atoms with Crippen LogP contribution in [-0.4, -0.2) is 49.1 Å². The third-order valence-corrected chi connectivity index (χ3v) is 4.52. The Labute approximate surface area is 175 Å². The fourth-order valence-corrected chi connectivity index (χ4v) is 3.06. The Kier molecular flexibility index (Phi) is 7.63. The van der Waals surface area contributed by atoms with E-state index < -0.39 is 23.8 Å². The topological polar surface area (TPSA) is 104 Å². The van der Waals surface area contributed by atoms with E-state index in [0.717, 1.165) is 0 Å². The van der Waals surface area contributed by atoms with Crippen molar-refractivity contribution in [1.82, 2.24) is 4.98 Å². The van der Waals surface area contributed by atoms with Gasteiger partial charge in [0.05, 0.1) is 37.1 Å². The molecule has 0 radical (unpaired) electrons. The van der Waals surface area contributed by atoms with E-state index in [9.17, 15) is 14.4 Å². The van der Waals surface area contributed by atoms with Crippen molar-refractivity contribution in [2.45, 2.75) is 40.7 Å². The lowest BCUT2D eigenvalue weighted by atomic mass is 10.1. The predicted molar refractivity (Wildman–Crippen MR) is 110 cm³/mol. The maximum absolute atomic E-state index is 12.8. The molecule has 2 aromatic rings. The molecule has 0 aliphatic carbocycles. The van der Waals surface area contributed by atoms with E-state index in [4.69, 9.17) is 18.9 Å². The maximum Gasteiger partial charge on any atom is 0.340 e. The maximum atomic E-state index is 12.8. The molecule has 0 saturated carbocycles. The highest BCUT2D eigenvalue weighted by Crippen LogP contribution is 2.28. The summed E-state index contributed by atoms with van der Waals surface area (Å²) in [6.07, 6.45) is -1.07. The minimum absolute atomic E-state index is 0.208. The Morgan fingerprint density at radius 1 is 1.03 bits per heavy atom. The monoisotopic (exact) mass is 417 g/mol. The van der Waals surface area contributed by atoms with Crippen molar-refractivity contribution in [3.05, 3.63) is 46.3 Å². The number of benzene rings is 1. The first-order valence-electron chi connectivity index (χ1n) is 9.67. The van der Waals surface area contributed by atoms with Gasteiger partial charge in [-0.15, -0.1) is 0 Å². The number of Topliss-reactive ketones (excluding diaryl/α,β-unsaturated/α-hetero) is 1. The minimum Gasteiger partial charge on any atom is -0.493 e. The normalized spacial score (nSPS) is 11.5. The van der Waals surface area contributed by atoms with Crippen LogP contribution in [0.2, 0.25) is 0 Å². The van der Waals surface area contributed by atoms with Crippen LogP contribution in [0.1, 0.15) is 63.2 Å². The summed E-state index contributed by atoms with van der Waals surface area (Å²) in [6, 6.07) is 4.64. The molecular weight excluding hydrogens is 390 g/mol. The second kappa shape index (κ2) is 9.96. The smallest absolute Gasteiger partial charge is 0.340 e. The zero-order valence-electron chi connectivity index (χ0n) is 18.1. The molecule has 0 amide bonds. The van der Waals surface area contributed by atoms with Gasteiger partial charge in [-0.2, -0.15) is 0 Å². The van der Waals surface area contributed by atoms with Gasteiger partial charge in [-0.05, 0) is 58.4 Å². The van der Waals surface area contributed by atoms with E-state index in [1.165, 1.54) is 26.2 Å². The second-order valence-corrected chi connectivity index (χ2v) is 6.56. The summed E-state index contributed by atoms with van der Waals surface area (Å²) in [5.41, 5.74) is 1.72. The van der Waals surface area contributed by atoms with Crippen molar-refractivity contribution < 1.29 is 33.3 Å². The number of esters is 2. The Morgan fingerprint density at radius 3 is 2.33 bits per heavy atom. The average Bonchev–Trinajstić information content (AvgIpc) is 3.01. The first-order chi connectivity index (χ1) is 14.2. The second-order valence-electron chi connectivity index (χ2n) is 6.56. The molecule has 0 fully saturated rings. The highest BCUT2D eigenvalue weighted by molar-refractivity contribution is 6.04. The molecule has 0 saturated heterocycles. The predicted octanol–water partition coefficient (Wildman–Crippen LogP) is 3.64. The highest BCUT2D eigenvalue weighted by atomic mass is 16.5. The van der Waals surface area contributed by atoms with Crippen LogP contribution in [0.15, 0.2) is 18.2 Å². The summed E-state index contributed by atoms with van der Waals surface area (Å²) < 4.78 is 21.0. The van der Waals surface area contributed by atoms with Crippen LogP contribution in [0.5, 0.6) is 11.5 Å². The number of H-pyrrole nitrogens is 1. The summed E-state index contributed by atoms with van der Waals surface area (Å²) in [6.45, 7) is 9.03. The summed E-state index contributed by atoms with van der Waals surface area (Å²) in [5, 5.41) is 0. The summed E-state index contributed by atoms with van der Waals surface area (Å²) in [7, 11) is 1.47. The van der Waals surface area contributed by atoms with E-state index >= 15 is 0 Å². The number of aromatic nitrogens is 1. The van der Waals surface area contributed by atoms with Crippen molar-refractivity contribution in [3.8, 4) is 11.5 Å². The molecule has 0 spiro atoms. The highest BCUT2D eigenvalue weighted by Gasteiger charge is 2.28. The van der Waals surface area contributed by atoms with Crippen molar-refractivity contribution in [1.29, 1.82) is 0 Å². The molecule has 2 rings (SSSR count). The lowest BCUT2D eigenvalue weighted by Crippen LogP contribution is -2.25. The molecule has 8 nitrogen and oxygen atoms in total. The van der Waals surface area contributed by atoms with Crippen LogP contribution in [0, 0.1) is 13.8 Å². The summed E-state index contributed by atoms with van der Waals surface area (Å²) in [4.78, 5) is 40.4. The summed E-state index contributed by atoms with van der Waals surface area (Å²) >= 11 is 0. The lowest BCUT2D eigenvalue weighted by molar-refractivity contribution is 0.0316. The fraction of sp³-hybridized carbons (Fsp3) is 0.409. The molecule has 1 N–H and O–H groups in total. The van der Waals surface area contributed by atoms with Crippen molar-refractivity contribution >= 4 is 17.7 Å². The molecule has 1 unspecified atom stereocenters. The zero-order chi connectivity index (χ0) is 22.4. The number of ether oxygens (including phenoxy) is 4. The fourth-order valence-electron chi connectivity index (χ4n) is 3.06. The van der Waals surface area contributed by atoms with Gasteiger partial charge in [-0.25, -0.2) is 9.59 Å². The first kappa shape index (κ1) is 23.0. The average molecular weight is 417 g/mol. The molecule has 162 valence electrons. The molecule has 8 heteroatoms. The van der Waals surface area contributed by atoms with Crippen LogP contribution >= 0.6 is 0 Å². The molecule has 1 aromatic heterocycles. The molecule has 1 heterocycles. The molecule has 1 atom stereocenters. The molecule has 0 aliphatic rings. The van der Waals surface area contributed by atoms with Gasteiger partial charge in [0.25, 0.3) is 0 Å². The lowest BCUT2D eigenvalue weighted by Gasteiger charge is -2.14. The van der Waals surface area contributed by atoms with E-state index in [0.29, 0.717) is 34.9 Å². The van der Waals surface area contributed by atoms with Crippen LogP contribution < -0.4 is 9.47 Å². The van der Waals surface area contributed by atoms with Gasteiger partial charge in [-0.1, -0.05) is 0 Å². The number of carbonyl (C=O) groups excluding carboxylic acids is 3. The third-order valence-electron chi connectivity index (χ3n) is 4.52. The Morgan fingerprint density at radius 2 is 1.73 bits per heavy atom. The van der Waals surface area contributed by atoms with Gasteiger partial charge in [0.15, 0.2) is 17.6 Å². The van der Waals surface area contributed by atoms with Gasteiger partial charge in [-0.3, -0.25) is 4.79 Å². The largest absolute Gasteiger partial charge is 0.493 e. The van der Waals surface area contributed by atoms with Crippen molar-refractivity contribution in [2.75, 3.05) is 20.3 Å². The van der Waals surface area contributed by atoms with Crippen LogP contribution in [0.25, 0.3) is 0 Å². The number of hydrogen-bond acceptors (Lipinski definition) is 7. The van der Waals surface area contributed by atoms with E-state index in [1.807, 2.05) is 6.92 Å². The molecule has 0 bridgehead atoms. The number of nitrogens with one attached hydrogen (secondary N) is 1. The van der Waals surface area contributed by atoms with Crippen molar-refractivity contribution in [2.24, 2.45) is 0 Å². The van der Waals surface area contributed by atoms with E-state index in [1.54, 1.807) is 26.8 Å². The van der Waals surface area contributed by atoms with Crippen molar-refractivity contribution in [3.63, 3.8) is 0 Å². The molecular formula is C22H27NO7.